The van der Waals surface area contributed by atoms with E-state index >= 15 is 0 Å². The Morgan fingerprint density at radius 1 is 1.30 bits per heavy atom. The van der Waals surface area contributed by atoms with Crippen molar-refractivity contribution in [2.75, 3.05) is 11.1 Å². The van der Waals surface area contributed by atoms with Gasteiger partial charge in [-0.05, 0) is 31.0 Å². The number of rotatable bonds is 5. The first-order valence-electron chi connectivity index (χ1n) is 6.49. The second-order valence-electron chi connectivity index (χ2n) is 5.14. The quantitative estimate of drug-likeness (QED) is 0.820. The Bertz CT molecular complexity index is 520. The molecule has 0 aromatic heterocycles. The minimum absolute atomic E-state index is 0.0432. The van der Waals surface area contributed by atoms with Gasteiger partial charge in [0.15, 0.2) is 0 Å². The van der Waals surface area contributed by atoms with Gasteiger partial charge in [0, 0.05) is 21.1 Å². The molecule has 0 aliphatic heterocycles. The van der Waals surface area contributed by atoms with Crippen LogP contribution in [0.25, 0.3) is 0 Å². The number of hydrogen-bond acceptors (Lipinski definition) is 3. The van der Waals surface area contributed by atoms with Crippen LogP contribution in [-0.2, 0) is 15.6 Å². The van der Waals surface area contributed by atoms with Crippen LogP contribution in [0.3, 0.4) is 0 Å². The zero-order valence-electron chi connectivity index (χ0n) is 12.1. The summed E-state index contributed by atoms with van der Waals surface area (Å²) in [6, 6.07) is 4.85. The minimum Gasteiger partial charge on any atom is -0.397 e. The molecule has 112 valence electrons. The lowest BCUT2D eigenvalue weighted by atomic mass is 10.2. The zero-order valence-corrected chi connectivity index (χ0v) is 13.7. The fraction of sp³-hybridized carbons (Fsp3) is 0.500. The number of nitrogen functional groups attached to an aromatic ring is 1. The molecule has 3 atom stereocenters. The summed E-state index contributed by atoms with van der Waals surface area (Å²) in [5, 5.41) is 2.56. The first-order chi connectivity index (χ1) is 9.23. The number of anilines is 2. The number of nitrogens with one attached hydrogen (secondary N) is 1. The van der Waals surface area contributed by atoms with E-state index in [-0.39, 0.29) is 17.1 Å². The maximum atomic E-state index is 12.3. The fourth-order valence-electron chi connectivity index (χ4n) is 1.58. The lowest BCUT2D eigenvalue weighted by Crippen LogP contribution is -2.35. The SMILES string of the molecule is CC(C)C(C)S(=O)C(C)C(=O)Nc1ccc(Cl)cc1N. The van der Waals surface area contributed by atoms with Gasteiger partial charge in [-0.15, -0.1) is 0 Å². The first-order valence-corrected chi connectivity index (χ1v) is 8.14. The average molecular weight is 317 g/mol. The number of hydrogen-bond donors (Lipinski definition) is 2. The molecule has 0 saturated heterocycles. The summed E-state index contributed by atoms with van der Waals surface area (Å²) < 4.78 is 12.3. The zero-order chi connectivity index (χ0) is 15.4. The fourth-order valence-corrected chi connectivity index (χ4v) is 3.21. The standard InChI is InChI=1S/C14H21ClN2O2S/c1-8(2)9(3)20(19)10(4)14(18)17-13-6-5-11(15)7-12(13)16/h5-10H,16H2,1-4H3,(H,17,18). The van der Waals surface area contributed by atoms with Crippen LogP contribution in [0.4, 0.5) is 11.4 Å². The smallest absolute Gasteiger partial charge is 0.239 e. The molecule has 1 aromatic rings. The van der Waals surface area contributed by atoms with Crippen LogP contribution in [0.5, 0.6) is 0 Å². The Morgan fingerprint density at radius 3 is 2.40 bits per heavy atom. The van der Waals surface area contributed by atoms with Gasteiger partial charge >= 0.3 is 0 Å². The molecule has 3 unspecified atom stereocenters. The van der Waals surface area contributed by atoms with Crippen molar-refractivity contribution in [1.29, 1.82) is 0 Å². The number of nitrogens with two attached hydrogens (primary N) is 1. The van der Waals surface area contributed by atoms with Crippen molar-refractivity contribution >= 4 is 39.7 Å². The van der Waals surface area contributed by atoms with Gasteiger partial charge in [-0.3, -0.25) is 9.00 Å². The Balaban J connectivity index is 2.78. The van der Waals surface area contributed by atoms with Gasteiger partial charge in [0.25, 0.3) is 0 Å². The maximum absolute atomic E-state index is 12.3. The van der Waals surface area contributed by atoms with Gasteiger partial charge in [-0.1, -0.05) is 32.4 Å². The highest BCUT2D eigenvalue weighted by molar-refractivity contribution is 7.87. The molecule has 0 radical (unpaired) electrons. The van der Waals surface area contributed by atoms with Crippen LogP contribution in [-0.4, -0.2) is 20.6 Å². The van der Waals surface area contributed by atoms with Crippen LogP contribution in [0.2, 0.25) is 5.02 Å². The number of amides is 1. The number of halogens is 1. The molecule has 1 aromatic carbocycles. The molecule has 20 heavy (non-hydrogen) atoms. The van der Waals surface area contributed by atoms with Gasteiger partial charge < -0.3 is 11.1 Å². The van der Waals surface area contributed by atoms with E-state index in [9.17, 15) is 9.00 Å². The summed E-state index contributed by atoms with van der Waals surface area (Å²) in [4.78, 5) is 12.1. The normalized spacial score (nSPS) is 15.7. The molecule has 1 rings (SSSR count). The topological polar surface area (TPSA) is 72.2 Å². The van der Waals surface area contributed by atoms with Crippen LogP contribution in [0.1, 0.15) is 27.7 Å². The van der Waals surface area contributed by atoms with Gasteiger partial charge in [-0.2, -0.15) is 0 Å². The molecule has 1 amide bonds. The Morgan fingerprint density at radius 2 is 1.90 bits per heavy atom. The summed E-state index contributed by atoms with van der Waals surface area (Å²) in [5.74, 6) is -0.0449. The molecule has 0 heterocycles. The van der Waals surface area contributed by atoms with Gasteiger partial charge in [0.2, 0.25) is 5.91 Å². The largest absolute Gasteiger partial charge is 0.397 e. The summed E-state index contributed by atoms with van der Waals surface area (Å²) >= 11 is 5.80. The molecular formula is C14H21ClN2O2S. The third kappa shape index (κ3) is 4.21. The van der Waals surface area contributed by atoms with Crippen LogP contribution < -0.4 is 11.1 Å². The summed E-state index contributed by atoms with van der Waals surface area (Å²) in [5.41, 5.74) is 6.66. The molecule has 4 nitrogen and oxygen atoms in total. The monoisotopic (exact) mass is 316 g/mol. The highest BCUT2D eigenvalue weighted by atomic mass is 35.5. The van der Waals surface area contributed by atoms with Crippen molar-refractivity contribution in [3.05, 3.63) is 23.2 Å². The van der Waals surface area contributed by atoms with E-state index in [1.807, 2.05) is 20.8 Å². The molecule has 6 heteroatoms. The van der Waals surface area contributed by atoms with E-state index in [2.05, 4.69) is 5.32 Å². The summed E-state index contributed by atoms with van der Waals surface area (Å²) in [6.45, 7) is 7.53. The van der Waals surface area contributed by atoms with Gasteiger partial charge in [-0.25, -0.2) is 0 Å². The predicted octanol–water partition coefficient (Wildman–Crippen LogP) is 3.04. The van der Waals surface area contributed by atoms with Crippen molar-refractivity contribution in [2.24, 2.45) is 5.92 Å². The van der Waals surface area contributed by atoms with Crippen LogP contribution in [0, 0.1) is 5.92 Å². The van der Waals surface area contributed by atoms with E-state index < -0.39 is 16.0 Å². The van der Waals surface area contributed by atoms with Crippen LogP contribution in [0.15, 0.2) is 18.2 Å². The van der Waals surface area contributed by atoms with Crippen molar-refractivity contribution < 1.29 is 9.00 Å². The van der Waals surface area contributed by atoms with Crippen molar-refractivity contribution in [3.63, 3.8) is 0 Å². The second kappa shape index (κ2) is 7.09. The maximum Gasteiger partial charge on any atom is 0.239 e. The molecular weight excluding hydrogens is 296 g/mol. The molecule has 0 spiro atoms. The third-order valence-electron chi connectivity index (χ3n) is 3.29. The van der Waals surface area contributed by atoms with E-state index in [1.54, 1.807) is 25.1 Å². The minimum atomic E-state index is -1.23. The molecule has 3 N–H and O–H groups in total. The Kier molecular flexibility index (Phi) is 6.02. The average Bonchev–Trinajstić information content (AvgIpc) is 2.39. The van der Waals surface area contributed by atoms with E-state index in [1.165, 1.54) is 0 Å². The van der Waals surface area contributed by atoms with E-state index in [0.29, 0.717) is 16.4 Å². The van der Waals surface area contributed by atoms with E-state index in [0.717, 1.165) is 0 Å². The highest BCUT2D eigenvalue weighted by Crippen LogP contribution is 2.23. The summed E-state index contributed by atoms with van der Waals surface area (Å²) in [6.07, 6.45) is 0. The van der Waals surface area contributed by atoms with E-state index in [4.69, 9.17) is 17.3 Å². The van der Waals surface area contributed by atoms with Crippen molar-refractivity contribution in [2.45, 2.75) is 38.2 Å². The molecule has 0 fully saturated rings. The number of benzene rings is 1. The molecule has 0 bridgehead atoms. The molecule has 0 aliphatic carbocycles. The van der Waals surface area contributed by atoms with Gasteiger partial charge in [0.1, 0.15) is 5.25 Å². The highest BCUT2D eigenvalue weighted by Gasteiger charge is 2.26. The Hall–Kier alpha value is -1.07. The molecule has 0 saturated carbocycles. The van der Waals surface area contributed by atoms with Crippen molar-refractivity contribution in [1.82, 2.24) is 0 Å². The third-order valence-corrected chi connectivity index (χ3v) is 5.72. The predicted molar refractivity (Wildman–Crippen MR) is 86.4 cm³/mol. The second-order valence-corrected chi connectivity index (χ2v) is 7.68. The van der Waals surface area contributed by atoms with Gasteiger partial charge in [0.05, 0.1) is 11.4 Å². The van der Waals surface area contributed by atoms with Crippen LogP contribution >= 0.6 is 11.6 Å². The number of carbonyl (C=O) groups is 1. The lowest BCUT2D eigenvalue weighted by Gasteiger charge is -2.20. The number of carbonyl (C=O) groups excluding carboxylic acids is 1. The van der Waals surface area contributed by atoms with Crippen molar-refractivity contribution in [3.8, 4) is 0 Å². The lowest BCUT2D eigenvalue weighted by molar-refractivity contribution is -0.115. The first kappa shape index (κ1) is 17.0. The molecule has 0 aliphatic rings. The Labute approximate surface area is 127 Å². The summed E-state index contributed by atoms with van der Waals surface area (Å²) in [7, 11) is -1.23.